The quantitative estimate of drug-likeness (QED) is 0.325. The Morgan fingerprint density at radius 1 is 1.27 bits per heavy atom. The van der Waals surface area contributed by atoms with Crippen LogP contribution in [0, 0.1) is 5.41 Å². The Kier molecular flexibility index (Phi) is 8.77. The number of carbonyl (C=O) groups excluding carboxylic acids is 1. The number of nitrogens with zero attached hydrogens (tertiary/aromatic N) is 3. The van der Waals surface area contributed by atoms with Crippen LogP contribution in [0.15, 0.2) is 55.2 Å². The summed E-state index contributed by atoms with van der Waals surface area (Å²) in [5.41, 5.74) is 4.15. The van der Waals surface area contributed by atoms with E-state index in [1.807, 2.05) is 35.2 Å². The summed E-state index contributed by atoms with van der Waals surface area (Å²) in [6, 6.07) is 9.74. The average Bonchev–Trinajstić information content (AvgIpc) is 3.45. The summed E-state index contributed by atoms with van der Waals surface area (Å²) in [6.45, 7) is 6.91. The maximum absolute atomic E-state index is 12.5. The van der Waals surface area contributed by atoms with Crippen LogP contribution in [0.5, 0.6) is 5.88 Å². The van der Waals surface area contributed by atoms with Gasteiger partial charge < -0.3 is 29.8 Å². The van der Waals surface area contributed by atoms with E-state index < -0.39 is 12.1 Å². The number of ether oxygens (including phenoxy) is 2. The van der Waals surface area contributed by atoms with Crippen molar-refractivity contribution in [3.8, 4) is 11.6 Å². The second kappa shape index (κ2) is 12.3. The van der Waals surface area contributed by atoms with Crippen LogP contribution in [-0.2, 0) is 22.4 Å². The van der Waals surface area contributed by atoms with Crippen LogP contribution in [0.4, 0.5) is 0 Å². The van der Waals surface area contributed by atoms with Gasteiger partial charge in [-0.2, -0.15) is 0 Å². The van der Waals surface area contributed by atoms with Gasteiger partial charge in [0.05, 0.1) is 18.5 Å². The zero-order chi connectivity index (χ0) is 29.0. The van der Waals surface area contributed by atoms with E-state index in [9.17, 15) is 9.90 Å². The fraction of sp³-hybridized carbons (Fsp3) is 0.531. The first-order valence-corrected chi connectivity index (χ1v) is 14.6. The van der Waals surface area contributed by atoms with Gasteiger partial charge in [-0.3, -0.25) is 4.79 Å². The maximum atomic E-state index is 12.5. The van der Waals surface area contributed by atoms with Crippen LogP contribution in [0.25, 0.3) is 5.69 Å². The first-order valence-electron chi connectivity index (χ1n) is 14.6. The topological polar surface area (TPSA) is 111 Å². The SMILES string of the molecule is COCC(=O)N[C@@H](Cc1cccc(-n2ccnc2)c1)[C@@H](O)CN[C@H]1CC2(CCC2)Oc2ncc(CC(C)(C)C)cc21. The highest BCUT2D eigenvalue weighted by atomic mass is 16.5. The first-order chi connectivity index (χ1) is 19.6. The number of aliphatic hydroxyl groups excluding tert-OH is 1. The molecule has 41 heavy (non-hydrogen) atoms. The van der Waals surface area contributed by atoms with Gasteiger partial charge in [0.15, 0.2) is 0 Å². The summed E-state index contributed by atoms with van der Waals surface area (Å²) < 4.78 is 13.4. The highest BCUT2D eigenvalue weighted by Crippen LogP contribution is 2.48. The van der Waals surface area contributed by atoms with E-state index in [1.54, 1.807) is 12.5 Å². The summed E-state index contributed by atoms with van der Waals surface area (Å²) in [7, 11) is 1.49. The lowest BCUT2D eigenvalue weighted by molar-refractivity contribution is -0.126. The lowest BCUT2D eigenvalue weighted by atomic mass is 9.73. The molecule has 0 unspecified atom stereocenters. The maximum Gasteiger partial charge on any atom is 0.246 e. The minimum atomic E-state index is -0.831. The predicted octanol–water partition coefficient (Wildman–Crippen LogP) is 3.93. The molecule has 1 aliphatic carbocycles. The van der Waals surface area contributed by atoms with Crippen molar-refractivity contribution in [2.45, 2.75) is 83.1 Å². The number of hydrogen-bond donors (Lipinski definition) is 3. The smallest absolute Gasteiger partial charge is 0.246 e. The zero-order valence-electron chi connectivity index (χ0n) is 24.6. The molecule has 0 bridgehead atoms. The molecule has 1 amide bonds. The number of amides is 1. The van der Waals surface area contributed by atoms with Crippen molar-refractivity contribution in [1.82, 2.24) is 25.2 Å². The molecule has 2 aliphatic rings. The number of hydrogen-bond acceptors (Lipinski definition) is 7. The summed E-state index contributed by atoms with van der Waals surface area (Å²) in [4.78, 5) is 21.4. The van der Waals surface area contributed by atoms with Crippen LogP contribution in [0.3, 0.4) is 0 Å². The third-order valence-electron chi connectivity index (χ3n) is 8.03. The predicted molar refractivity (Wildman–Crippen MR) is 157 cm³/mol. The van der Waals surface area contributed by atoms with Crippen LogP contribution in [-0.4, -0.2) is 63.6 Å². The highest BCUT2D eigenvalue weighted by molar-refractivity contribution is 5.77. The summed E-state index contributed by atoms with van der Waals surface area (Å²) in [6.07, 6.45) is 11.9. The molecule has 1 aromatic carbocycles. The fourth-order valence-electron chi connectivity index (χ4n) is 5.92. The Hall–Kier alpha value is -3.27. The summed E-state index contributed by atoms with van der Waals surface area (Å²) in [5, 5.41) is 18.1. The molecule has 1 saturated carbocycles. The van der Waals surface area contributed by atoms with E-state index in [0.29, 0.717) is 18.8 Å². The standard InChI is InChI=1S/C32H43N5O4/c1-31(2,3)16-23-14-25-27(17-32(9-6-10-32)41-30(25)35-18-23)34-19-28(38)26(36-29(39)20-40-4)15-22-7-5-8-24(13-22)37-12-11-33-21-37/h5,7-8,11-14,18,21,26-28,34,38H,6,9-10,15-17,19-20H2,1-4H3,(H,36,39)/t26-,27-,28-/m0/s1. The molecule has 1 spiro atoms. The number of fused-ring (bicyclic) bond motifs is 1. The molecule has 3 heterocycles. The van der Waals surface area contributed by atoms with Crippen LogP contribution >= 0.6 is 0 Å². The summed E-state index contributed by atoms with van der Waals surface area (Å²) in [5.74, 6) is 0.435. The van der Waals surface area contributed by atoms with Crippen molar-refractivity contribution in [1.29, 1.82) is 0 Å². The minimum Gasteiger partial charge on any atom is -0.471 e. The molecule has 220 valence electrons. The van der Waals surface area contributed by atoms with Crippen LogP contribution < -0.4 is 15.4 Å². The number of imidazole rings is 1. The summed E-state index contributed by atoms with van der Waals surface area (Å²) >= 11 is 0. The van der Waals surface area contributed by atoms with Crippen molar-refractivity contribution < 1.29 is 19.4 Å². The van der Waals surface area contributed by atoms with Crippen LogP contribution in [0.1, 0.15) is 69.2 Å². The van der Waals surface area contributed by atoms with Gasteiger partial charge in [0.2, 0.25) is 11.8 Å². The van der Waals surface area contributed by atoms with Gasteiger partial charge in [-0.05, 0) is 66.8 Å². The number of aromatic nitrogens is 3. The van der Waals surface area contributed by atoms with Gasteiger partial charge in [0.1, 0.15) is 12.2 Å². The molecule has 3 atom stereocenters. The van der Waals surface area contributed by atoms with E-state index >= 15 is 0 Å². The third kappa shape index (κ3) is 7.33. The second-order valence-corrected chi connectivity index (χ2v) is 12.8. The molecule has 5 rings (SSSR count). The van der Waals surface area contributed by atoms with Gasteiger partial charge in [-0.15, -0.1) is 0 Å². The number of nitrogens with one attached hydrogen (secondary N) is 2. The fourth-order valence-corrected chi connectivity index (χ4v) is 5.92. The Morgan fingerprint density at radius 3 is 2.78 bits per heavy atom. The molecule has 3 N–H and O–H groups in total. The molecule has 0 saturated heterocycles. The molecule has 3 aromatic rings. The van der Waals surface area contributed by atoms with Gasteiger partial charge in [0.25, 0.3) is 0 Å². The molecular weight excluding hydrogens is 518 g/mol. The van der Waals surface area contributed by atoms with Gasteiger partial charge in [0, 0.05) is 56.0 Å². The molecule has 9 heteroatoms. The number of methoxy groups -OCH3 is 1. The van der Waals surface area contributed by atoms with Crippen molar-refractivity contribution in [2.75, 3.05) is 20.3 Å². The Bertz CT molecular complexity index is 1320. The van der Waals surface area contributed by atoms with Crippen molar-refractivity contribution >= 4 is 5.91 Å². The van der Waals surface area contributed by atoms with Crippen LogP contribution in [0.2, 0.25) is 0 Å². The first kappa shape index (κ1) is 29.2. The molecule has 2 aromatic heterocycles. The molecule has 1 fully saturated rings. The van der Waals surface area contributed by atoms with E-state index in [4.69, 9.17) is 14.5 Å². The van der Waals surface area contributed by atoms with Gasteiger partial charge in [-0.25, -0.2) is 9.97 Å². The van der Waals surface area contributed by atoms with Crippen molar-refractivity contribution in [3.63, 3.8) is 0 Å². The number of benzene rings is 1. The highest BCUT2D eigenvalue weighted by Gasteiger charge is 2.46. The van der Waals surface area contributed by atoms with Gasteiger partial charge >= 0.3 is 0 Å². The number of aliphatic hydroxyl groups is 1. The lowest BCUT2D eigenvalue weighted by Gasteiger charge is -2.47. The molecule has 1 aliphatic heterocycles. The average molecular weight is 562 g/mol. The van der Waals surface area contributed by atoms with Crippen molar-refractivity contribution in [2.24, 2.45) is 5.41 Å². The Morgan fingerprint density at radius 2 is 2.10 bits per heavy atom. The largest absolute Gasteiger partial charge is 0.471 e. The number of pyridine rings is 1. The van der Waals surface area contributed by atoms with E-state index in [-0.39, 0.29) is 29.6 Å². The zero-order valence-corrected chi connectivity index (χ0v) is 24.6. The molecule has 0 radical (unpaired) electrons. The van der Waals surface area contributed by atoms with Gasteiger partial charge in [-0.1, -0.05) is 32.9 Å². The number of carbonyl (C=O) groups is 1. The minimum absolute atomic E-state index is 0.000939. The van der Waals surface area contributed by atoms with E-state index in [2.05, 4.69) is 48.5 Å². The Balaban J connectivity index is 1.33. The van der Waals surface area contributed by atoms with E-state index in [0.717, 1.165) is 48.9 Å². The molecular formula is C32H43N5O4. The Labute approximate surface area is 242 Å². The second-order valence-electron chi connectivity index (χ2n) is 12.8. The monoisotopic (exact) mass is 561 g/mol. The number of rotatable bonds is 11. The molecule has 9 nitrogen and oxygen atoms in total. The third-order valence-corrected chi connectivity index (χ3v) is 8.03. The van der Waals surface area contributed by atoms with E-state index in [1.165, 1.54) is 12.7 Å². The lowest BCUT2D eigenvalue weighted by Crippen LogP contribution is -2.52. The normalized spacial score (nSPS) is 19.1. The van der Waals surface area contributed by atoms with Crippen molar-refractivity contribution in [3.05, 3.63) is 71.9 Å².